The van der Waals surface area contributed by atoms with Crippen LogP contribution in [0.4, 0.5) is 5.69 Å². The first-order valence-corrected chi connectivity index (χ1v) is 9.03. The number of benzene rings is 1. The molecule has 0 aliphatic carbocycles. The Morgan fingerprint density at radius 2 is 2.00 bits per heavy atom. The molecule has 1 N–H and O–H groups in total. The predicted octanol–water partition coefficient (Wildman–Crippen LogP) is 2.82. The Kier molecular flexibility index (Phi) is 6.05. The molecule has 0 saturated carbocycles. The van der Waals surface area contributed by atoms with Crippen LogP contribution < -0.4 is 5.32 Å². The Morgan fingerprint density at radius 1 is 1.25 bits per heavy atom. The van der Waals surface area contributed by atoms with Gasteiger partial charge in [-0.05, 0) is 31.0 Å². The van der Waals surface area contributed by atoms with Crippen LogP contribution in [0.2, 0.25) is 5.02 Å². The van der Waals surface area contributed by atoms with Gasteiger partial charge in [0.15, 0.2) is 0 Å². The lowest BCUT2D eigenvalue weighted by Gasteiger charge is -2.07. The second kappa shape index (κ2) is 8.66. The third kappa shape index (κ3) is 4.95. The minimum atomic E-state index is -0.487. The van der Waals surface area contributed by atoms with Gasteiger partial charge in [-0.3, -0.25) is 24.3 Å². The van der Waals surface area contributed by atoms with E-state index in [1.54, 1.807) is 35.1 Å². The number of rotatable bonds is 8. The number of aromatic nitrogens is 4. The topological polar surface area (TPSA) is 108 Å². The first-order valence-electron chi connectivity index (χ1n) is 8.66. The van der Waals surface area contributed by atoms with Crippen LogP contribution in [0, 0.1) is 17.0 Å². The Hall–Kier alpha value is -3.20. The molecule has 9 nitrogen and oxygen atoms in total. The molecule has 0 unspecified atom stereocenters. The number of amides is 1. The summed E-state index contributed by atoms with van der Waals surface area (Å²) in [6, 6.07) is 7.05. The third-order valence-electron chi connectivity index (χ3n) is 4.13. The summed E-state index contributed by atoms with van der Waals surface area (Å²) in [7, 11) is 0. The molecule has 0 saturated heterocycles. The first-order chi connectivity index (χ1) is 13.4. The molecule has 0 spiro atoms. The summed E-state index contributed by atoms with van der Waals surface area (Å²) in [6.45, 7) is 3.43. The molecule has 0 aliphatic heterocycles. The van der Waals surface area contributed by atoms with Crippen molar-refractivity contribution in [2.45, 2.75) is 26.4 Å². The van der Waals surface area contributed by atoms with E-state index in [-0.39, 0.29) is 11.6 Å². The van der Waals surface area contributed by atoms with E-state index in [1.165, 1.54) is 17.1 Å². The molecular formula is C18H19ClN6O3. The number of nitro groups is 1. The van der Waals surface area contributed by atoms with Gasteiger partial charge < -0.3 is 5.32 Å². The number of aryl methyl sites for hydroxylation is 2. The SMILES string of the molecule is Cc1nn(CCCNC(=O)c2ccc(Cn3cc([N+](=O)[O-])cn3)cc2)cc1Cl. The molecular weight excluding hydrogens is 384 g/mol. The van der Waals surface area contributed by atoms with Crippen LogP contribution in [0.15, 0.2) is 42.9 Å². The van der Waals surface area contributed by atoms with Crippen LogP contribution in [0.1, 0.15) is 28.0 Å². The van der Waals surface area contributed by atoms with Gasteiger partial charge in [0.05, 0.1) is 22.2 Å². The van der Waals surface area contributed by atoms with Crippen LogP contribution in [-0.4, -0.2) is 36.9 Å². The molecule has 0 bridgehead atoms. The van der Waals surface area contributed by atoms with Crippen molar-refractivity contribution in [2.75, 3.05) is 6.54 Å². The zero-order chi connectivity index (χ0) is 20.1. The van der Waals surface area contributed by atoms with Gasteiger partial charge in [0.1, 0.15) is 12.4 Å². The second-order valence-corrected chi connectivity index (χ2v) is 6.69. The average Bonchev–Trinajstić information content (AvgIpc) is 3.26. The molecule has 0 radical (unpaired) electrons. The molecule has 2 heterocycles. The van der Waals surface area contributed by atoms with E-state index in [4.69, 9.17) is 11.6 Å². The van der Waals surface area contributed by atoms with Crippen LogP contribution in [0.3, 0.4) is 0 Å². The Balaban J connectivity index is 1.46. The third-order valence-corrected chi connectivity index (χ3v) is 4.50. The quantitative estimate of drug-likeness (QED) is 0.354. The van der Waals surface area contributed by atoms with Gasteiger partial charge in [0.25, 0.3) is 5.91 Å². The number of halogens is 1. The molecule has 1 amide bonds. The van der Waals surface area contributed by atoms with Crippen molar-refractivity contribution >= 4 is 23.2 Å². The van der Waals surface area contributed by atoms with E-state index in [0.29, 0.717) is 30.2 Å². The molecule has 0 aliphatic rings. The number of carbonyl (C=O) groups excluding carboxylic acids is 1. The summed E-state index contributed by atoms with van der Waals surface area (Å²) in [5, 5.41) is 22.4. The summed E-state index contributed by atoms with van der Waals surface area (Å²) >= 11 is 5.96. The Bertz CT molecular complexity index is 960. The summed E-state index contributed by atoms with van der Waals surface area (Å²) in [5.41, 5.74) is 2.17. The van der Waals surface area contributed by atoms with Gasteiger partial charge in [-0.1, -0.05) is 23.7 Å². The van der Waals surface area contributed by atoms with Crippen molar-refractivity contribution in [3.63, 3.8) is 0 Å². The molecule has 28 heavy (non-hydrogen) atoms. The zero-order valence-corrected chi connectivity index (χ0v) is 16.0. The minimum absolute atomic E-state index is 0.0523. The van der Waals surface area contributed by atoms with Crippen molar-refractivity contribution in [1.29, 1.82) is 0 Å². The Morgan fingerprint density at radius 3 is 2.61 bits per heavy atom. The maximum atomic E-state index is 12.2. The van der Waals surface area contributed by atoms with Gasteiger partial charge in [0, 0.05) is 24.8 Å². The van der Waals surface area contributed by atoms with Crippen LogP contribution >= 0.6 is 11.6 Å². The maximum absolute atomic E-state index is 12.2. The number of nitrogens with zero attached hydrogens (tertiary/aromatic N) is 5. The maximum Gasteiger partial charge on any atom is 0.307 e. The van der Waals surface area contributed by atoms with E-state index in [9.17, 15) is 14.9 Å². The molecule has 1 aromatic carbocycles. The highest BCUT2D eigenvalue weighted by molar-refractivity contribution is 6.31. The van der Waals surface area contributed by atoms with Crippen molar-refractivity contribution in [3.05, 3.63) is 74.8 Å². The largest absolute Gasteiger partial charge is 0.352 e. The van der Waals surface area contributed by atoms with Crippen LogP contribution in [-0.2, 0) is 13.1 Å². The van der Waals surface area contributed by atoms with Crippen LogP contribution in [0.5, 0.6) is 0 Å². The van der Waals surface area contributed by atoms with E-state index in [1.807, 2.05) is 6.92 Å². The van der Waals surface area contributed by atoms with Gasteiger partial charge in [-0.25, -0.2) is 0 Å². The van der Waals surface area contributed by atoms with Gasteiger partial charge in [-0.15, -0.1) is 0 Å². The molecule has 3 aromatic rings. The molecule has 0 atom stereocenters. The standard InChI is InChI=1S/C18H19ClN6O3/c1-13-17(19)12-23(22-13)8-2-7-20-18(26)15-5-3-14(4-6-15)10-24-11-16(9-21-24)25(27)28/h3-6,9,11-12H,2,7-8,10H2,1H3,(H,20,26). The zero-order valence-electron chi connectivity index (χ0n) is 15.2. The number of nitrogens with one attached hydrogen (secondary N) is 1. The van der Waals surface area contributed by atoms with Crippen molar-refractivity contribution in [2.24, 2.45) is 0 Å². The number of hydrogen-bond acceptors (Lipinski definition) is 5. The lowest BCUT2D eigenvalue weighted by atomic mass is 10.1. The first kappa shape index (κ1) is 19.6. The van der Waals surface area contributed by atoms with E-state index >= 15 is 0 Å². The molecule has 146 valence electrons. The van der Waals surface area contributed by atoms with Crippen molar-refractivity contribution in [3.8, 4) is 0 Å². The second-order valence-electron chi connectivity index (χ2n) is 6.29. The van der Waals surface area contributed by atoms with E-state index in [2.05, 4.69) is 15.5 Å². The predicted molar refractivity (Wildman–Crippen MR) is 103 cm³/mol. The van der Waals surface area contributed by atoms with Gasteiger partial charge in [0.2, 0.25) is 0 Å². The summed E-state index contributed by atoms with van der Waals surface area (Å²) in [5.74, 6) is -0.157. The molecule has 2 aromatic heterocycles. The number of carbonyl (C=O) groups is 1. The lowest BCUT2D eigenvalue weighted by molar-refractivity contribution is -0.385. The number of hydrogen-bond donors (Lipinski definition) is 1. The summed E-state index contributed by atoms with van der Waals surface area (Å²) in [4.78, 5) is 22.4. The molecule has 10 heteroatoms. The lowest BCUT2D eigenvalue weighted by Crippen LogP contribution is -2.25. The van der Waals surface area contributed by atoms with Gasteiger partial charge in [-0.2, -0.15) is 10.2 Å². The van der Waals surface area contributed by atoms with E-state index < -0.39 is 4.92 Å². The smallest absolute Gasteiger partial charge is 0.307 e. The normalized spacial score (nSPS) is 10.8. The fourth-order valence-electron chi connectivity index (χ4n) is 2.64. The highest BCUT2D eigenvalue weighted by Gasteiger charge is 2.10. The highest BCUT2D eigenvalue weighted by atomic mass is 35.5. The fourth-order valence-corrected chi connectivity index (χ4v) is 2.79. The van der Waals surface area contributed by atoms with Crippen molar-refractivity contribution < 1.29 is 9.72 Å². The van der Waals surface area contributed by atoms with Crippen molar-refractivity contribution in [1.82, 2.24) is 24.9 Å². The Labute approximate surface area is 166 Å². The molecule has 3 rings (SSSR count). The highest BCUT2D eigenvalue weighted by Crippen LogP contribution is 2.12. The monoisotopic (exact) mass is 402 g/mol. The minimum Gasteiger partial charge on any atom is -0.352 e. The summed E-state index contributed by atoms with van der Waals surface area (Å²) < 4.78 is 3.24. The fraction of sp³-hybridized carbons (Fsp3) is 0.278. The summed E-state index contributed by atoms with van der Waals surface area (Å²) in [6.07, 6.45) is 5.08. The van der Waals surface area contributed by atoms with E-state index in [0.717, 1.165) is 17.7 Å². The van der Waals surface area contributed by atoms with Crippen LogP contribution in [0.25, 0.3) is 0 Å². The molecule has 0 fully saturated rings. The average molecular weight is 403 g/mol. The van der Waals surface area contributed by atoms with Gasteiger partial charge >= 0.3 is 5.69 Å².